The monoisotopic (exact) mass is 303 g/mol. The zero-order valence-electron chi connectivity index (χ0n) is 12.9. The molecule has 3 nitrogen and oxygen atoms in total. The fraction of sp³-hybridized carbons (Fsp3) is 0.412. The van der Waals surface area contributed by atoms with Crippen LogP contribution in [0.3, 0.4) is 0 Å². The topological polar surface area (TPSA) is 37.8 Å². The van der Waals surface area contributed by atoms with Gasteiger partial charge in [0.1, 0.15) is 17.3 Å². The van der Waals surface area contributed by atoms with E-state index in [1.807, 2.05) is 0 Å². The van der Waals surface area contributed by atoms with Gasteiger partial charge in [-0.2, -0.15) is 0 Å². The molecule has 1 heterocycles. The Balaban J connectivity index is 2.18. The summed E-state index contributed by atoms with van der Waals surface area (Å²) in [6, 6.07) is 8.86. The lowest BCUT2D eigenvalue weighted by Gasteiger charge is -2.18. The molecular formula is C17H22ClN3. The summed E-state index contributed by atoms with van der Waals surface area (Å²) in [4.78, 5) is 8.43. The number of nitrogens with one attached hydrogen (secondary N) is 1. The summed E-state index contributed by atoms with van der Waals surface area (Å²) < 4.78 is 0. The van der Waals surface area contributed by atoms with Gasteiger partial charge in [-0.25, -0.2) is 9.97 Å². The van der Waals surface area contributed by atoms with Gasteiger partial charge < -0.3 is 5.32 Å². The van der Waals surface area contributed by atoms with Crippen LogP contribution >= 0.6 is 11.6 Å². The largest absolute Gasteiger partial charge is 0.363 e. The van der Waals surface area contributed by atoms with Crippen molar-refractivity contribution in [2.45, 2.75) is 46.1 Å². The minimum Gasteiger partial charge on any atom is -0.363 e. The first-order valence-electron chi connectivity index (χ1n) is 7.50. The number of aromatic nitrogens is 2. The van der Waals surface area contributed by atoms with E-state index >= 15 is 0 Å². The highest BCUT2D eigenvalue weighted by molar-refractivity contribution is 6.30. The predicted octanol–water partition coefficient (Wildman–Crippen LogP) is 4.82. The van der Waals surface area contributed by atoms with E-state index in [4.69, 9.17) is 11.6 Å². The van der Waals surface area contributed by atoms with E-state index in [-0.39, 0.29) is 6.04 Å². The molecule has 2 aromatic rings. The summed E-state index contributed by atoms with van der Waals surface area (Å²) in [5.74, 6) is 0.837. The van der Waals surface area contributed by atoms with Gasteiger partial charge in [-0.15, -0.1) is 0 Å². The van der Waals surface area contributed by atoms with Gasteiger partial charge in [0.25, 0.3) is 0 Å². The second-order valence-electron chi connectivity index (χ2n) is 5.20. The normalized spacial score (nSPS) is 12.2. The van der Waals surface area contributed by atoms with Crippen molar-refractivity contribution in [1.82, 2.24) is 9.97 Å². The van der Waals surface area contributed by atoms with Gasteiger partial charge in [-0.3, -0.25) is 0 Å². The molecule has 0 saturated heterocycles. The van der Waals surface area contributed by atoms with Gasteiger partial charge in [0.05, 0.1) is 0 Å². The van der Waals surface area contributed by atoms with Crippen LogP contribution in [0.4, 0.5) is 5.82 Å². The van der Waals surface area contributed by atoms with Gasteiger partial charge in [0.2, 0.25) is 0 Å². The zero-order valence-corrected chi connectivity index (χ0v) is 13.6. The third-order valence-electron chi connectivity index (χ3n) is 3.63. The third kappa shape index (κ3) is 3.94. The predicted molar refractivity (Wildman–Crippen MR) is 88.9 cm³/mol. The Bertz CT molecular complexity index is 581. The first kappa shape index (κ1) is 15.8. The van der Waals surface area contributed by atoms with Crippen LogP contribution in [0.2, 0.25) is 5.15 Å². The molecule has 1 N–H and O–H groups in total. The van der Waals surface area contributed by atoms with Crippen molar-refractivity contribution >= 4 is 17.4 Å². The van der Waals surface area contributed by atoms with E-state index in [0.29, 0.717) is 5.15 Å². The molecular weight excluding hydrogens is 282 g/mol. The number of nitrogens with zero attached hydrogens (tertiary/aromatic N) is 2. The van der Waals surface area contributed by atoms with E-state index in [1.54, 1.807) is 0 Å². The molecule has 1 aromatic carbocycles. The van der Waals surface area contributed by atoms with Crippen molar-refractivity contribution in [3.8, 4) is 0 Å². The zero-order chi connectivity index (χ0) is 15.2. The van der Waals surface area contributed by atoms with Gasteiger partial charge >= 0.3 is 0 Å². The van der Waals surface area contributed by atoms with Crippen molar-refractivity contribution in [2.75, 3.05) is 5.32 Å². The number of halogens is 1. The molecule has 4 heteroatoms. The Morgan fingerprint density at radius 3 is 2.48 bits per heavy atom. The summed E-state index contributed by atoms with van der Waals surface area (Å²) in [6.45, 7) is 6.42. The van der Waals surface area contributed by atoms with E-state index in [1.165, 1.54) is 17.5 Å². The van der Waals surface area contributed by atoms with Gasteiger partial charge in [0, 0.05) is 11.6 Å². The van der Waals surface area contributed by atoms with Crippen molar-refractivity contribution in [3.05, 3.63) is 52.4 Å². The Morgan fingerprint density at radius 1 is 1.14 bits per heavy atom. The number of hydrogen-bond donors (Lipinski definition) is 1. The highest BCUT2D eigenvalue weighted by Gasteiger charge is 2.12. The van der Waals surface area contributed by atoms with Crippen LogP contribution in [0, 0.1) is 0 Å². The van der Waals surface area contributed by atoms with E-state index in [2.05, 4.69) is 60.3 Å². The Kier molecular flexibility index (Phi) is 5.57. The van der Waals surface area contributed by atoms with Crippen molar-refractivity contribution in [3.63, 3.8) is 0 Å². The summed E-state index contributed by atoms with van der Waals surface area (Å²) >= 11 is 6.19. The highest BCUT2D eigenvalue weighted by Crippen LogP contribution is 2.25. The van der Waals surface area contributed by atoms with Crippen LogP contribution in [-0.2, 0) is 12.8 Å². The molecule has 0 bridgehead atoms. The fourth-order valence-corrected chi connectivity index (χ4v) is 2.54. The lowest BCUT2D eigenvalue weighted by atomic mass is 10.0. The first-order chi connectivity index (χ1) is 10.2. The SMILES string of the molecule is CCCc1c(Cl)ncnc1NC(C)c1ccc(CC)cc1. The van der Waals surface area contributed by atoms with Gasteiger partial charge in [-0.1, -0.05) is 56.1 Å². The van der Waals surface area contributed by atoms with Gasteiger partial charge in [-0.05, 0) is 30.9 Å². The smallest absolute Gasteiger partial charge is 0.137 e. The molecule has 2 rings (SSSR count). The second kappa shape index (κ2) is 7.41. The Labute approximate surface area is 131 Å². The van der Waals surface area contributed by atoms with Crippen LogP contribution < -0.4 is 5.32 Å². The Hall–Kier alpha value is -1.61. The van der Waals surface area contributed by atoms with Crippen LogP contribution in [0.25, 0.3) is 0 Å². The summed E-state index contributed by atoms with van der Waals surface area (Å²) in [5, 5.41) is 4.00. The average Bonchev–Trinajstić information content (AvgIpc) is 2.51. The molecule has 0 saturated carbocycles. The number of benzene rings is 1. The van der Waals surface area contributed by atoms with Crippen molar-refractivity contribution in [1.29, 1.82) is 0 Å². The Morgan fingerprint density at radius 2 is 1.86 bits per heavy atom. The van der Waals surface area contributed by atoms with Crippen LogP contribution in [-0.4, -0.2) is 9.97 Å². The first-order valence-corrected chi connectivity index (χ1v) is 7.88. The standard InChI is InChI=1S/C17H22ClN3/c1-4-6-15-16(18)19-11-20-17(15)21-12(3)14-9-7-13(5-2)8-10-14/h7-12H,4-6H2,1-3H3,(H,19,20,21). The van der Waals surface area contributed by atoms with Crippen LogP contribution in [0.1, 0.15) is 49.9 Å². The third-order valence-corrected chi connectivity index (χ3v) is 3.96. The lowest BCUT2D eigenvalue weighted by molar-refractivity contribution is 0.845. The molecule has 0 aliphatic heterocycles. The number of aryl methyl sites for hydroxylation is 1. The van der Waals surface area contributed by atoms with Crippen LogP contribution in [0.15, 0.2) is 30.6 Å². The molecule has 0 spiro atoms. The number of hydrogen-bond acceptors (Lipinski definition) is 3. The maximum Gasteiger partial charge on any atom is 0.137 e. The molecule has 1 atom stereocenters. The average molecular weight is 304 g/mol. The van der Waals surface area contributed by atoms with E-state index in [9.17, 15) is 0 Å². The van der Waals surface area contributed by atoms with Crippen molar-refractivity contribution < 1.29 is 0 Å². The highest BCUT2D eigenvalue weighted by atomic mass is 35.5. The van der Waals surface area contributed by atoms with E-state index < -0.39 is 0 Å². The molecule has 0 aliphatic carbocycles. The number of anilines is 1. The summed E-state index contributed by atoms with van der Waals surface area (Å²) in [5.41, 5.74) is 3.59. The quantitative estimate of drug-likeness (QED) is 0.778. The second-order valence-corrected chi connectivity index (χ2v) is 5.56. The fourth-order valence-electron chi connectivity index (χ4n) is 2.32. The molecule has 0 radical (unpaired) electrons. The summed E-state index contributed by atoms with van der Waals surface area (Å²) in [7, 11) is 0. The molecule has 0 fully saturated rings. The maximum absolute atomic E-state index is 6.19. The lowest BCUT2D eigenvalue weighted by Crippen LogP contribution is -2.11. The van der Waals surface area contributed by atoms with Gasteiger partial charge in [0.15, 0.2) is 0 Å². The minimum absolute atomic E-state index is 0.178. The minimum atomic E-state index is 0.178. The van der Waals surface area contributed by atoms with Crippen LogP contribution in [0.5, 0.6) is 0 Å². The van der Waals surface area contributed by atoms with Crippen molar-refractivity contribution in [2.24, 2.45) is 0 Å². The molecule has 112 valence electrons. The van der Waals surface area contributed by atoms with E-state index in [0.717, 1.165) is 30.6 Å². The molecule has 0 aliphatic rings. The number of rotatable bonds is 6. The molecule has 0 amide bonds. The molecule has 1 aromatic heterocycles. The maximum atomic E-state index is 6.19. The molecule has 21 heavy (non-hydrogen) atoms. The summed E-state index contributed by atoms with van der Waals surface area (Å²) in [6.07, 6.45) is 4.46. The molecule has 1 unspecified atom stereocenters.